The van der Waals surface area contributed by atoms with Crippen molar-refractivity contribution in [2.75, 3.05) is 6.61 Å². The Morgan fingerprint density at radius 1 is 1.40 bits per heavy atom. The van der Waals surface area contributed by atoms with Gasteiger partial charge in [-0.3, -0.25) is 0 Å². The normalized spacial score (nSPS) is 11.5. The van der Waals surface area contributed by atoms with E-state index in [0.717, 1.165) is 6.20 Å². The van der Waals surface area contributed by atoms with Gasteiger partial charge in [-0.25, -0.2) is 9.37 Å². The molecule has 1 rings (SSSR count). The summed E-state index contributed by atoms with van der Waals surface area (Å²) in [6.07, 6.45) is -3.39. The van der Waals surface area contributed by atoms with Gasteiger partial charge in [0.05, 0.1) is 0 Å². The largest absolute Gasteiger partial charge is 0.466 e. The SMILES string of the molecule is NCc1ccnc(OCC(F)(F)F)c1F. The molecule has 0 amide bonds. The molecule has 0 aliphatic heterocycles. The van der Waals surface area contributed by atoms with Crippen molar-refractivity contribution in [3.05, 3.63) is 23.6 Å². The van der Waals surface area contributed by atoms with Crippen LogP contribution in [-0.2, 0) is 6.54 Å². The Morgan fingerprint density at radius 2 is 2.07 bits per heavy atom. The monoisotopic (exact) mass is 224 g/mol. The third-order valence-corrected chi connectivity index (χ3v) is 1.53. The summed E-state index contributed by atoms with van der Waals surface area (Å²) in [5, 5.41) is 0. The molecule has 84 valence electrons. The Labute approximate surface area is 82.9 Å². The van der Waals surface area contributed by atoms with Crippen molar-refractivity contribution >= 4 is 0 Å². The quantitative estimate of drug-likeness (QED) is 0.793. The molecule has 0 aliphatic carbocycles. The summed E-state index contributed by atoms with van der Waals surface area (Å²) in [6.45, 7) is -1.71. The van der Waals surface area contributed by atoms with Gasteiger partial charge in [-0.1, -0.05) is 0 Å². The van der Waals surface area contributed by atoms with E-state index < -0.39 is 24.5 Å². The second kappa shape index (κ2) is 4.43. The first-order valence-corrected chi connectivity index (χ1v) is 3.97. The number of nitrogens with zero attached hydrogens (tertiary/aromatic N) is 1. The Morgan fingerprint density at radius 3 is 2.60 bits per heavy atom. The number of hydrogen-bond acceptors (Lipinski definition) is 3. The Kier molecular flexibility index (Phi) is 3.46. The first kappa shape index (κ1) is 11.7. The van der Waals surface area contributed by atoms with E-state index in [1.165, 1.54) is 6.07 Å². The molecule has 0 saturated heterocycles. The van der Waals surface area contributed by atoms with Crippen LogP contribution in [0.5, 0.6) is 5.88 Å². The maximum absolute atomic E-state index is 13.2. The van der Waals surface area contributed by atoms with Gasteiger partial charge < -0.3 is 10.5 Å². The Balaban J connectivity index is 2.78. The highest BCUT2D eigenvalue weighted by atomic mass is 19.4. The van der Waals surface area contributed by atoms with E-state index in [0.29, 0.717) is 0 Å². The van der Waals surface area contributed by atoms with E-state index in [-0.39, 0.29) is 12.1 Å². The third kappa shape index (κ3) is 3.35. The van der Waals surface area contributed by atoms with Crippen LogP contribution >= 0.6 is 0 Å². The number of hydrogen-bond donors (Lipinski definition) is 1. The first-order valence-electron chi connectivity index (χ1n) is 3.97. The highest BCUT2D eigenvalue weighted by Gasteiger charge is 2.29. The van der Waals surface area contributed by atoms with E-state index in [9.17, 15) is 17.6 Å². The minimum absolute atomic E-state index is 0.0576. The summed E-state index contributed by atoms with van der Waals surface area (Å²) in [4.78, 5) is 3.34. The molecule has 0 aliphatic rings. The van der Waals surface area contributed by atoms with Crippen LogP contribution in [0.1, 0.15) is 5.56 Å². The fraction of sp³-hybridized carbons (Fsp3) is 0.375. The molecule has 15 heavy (non-hydrogen) atoms. The molecule has 3 nitrogen and oxygen atoms in total. The first-order chi connectivity index (χ1) is 6.94. The van der Waals surface area contributed by atoms with Crippen molar-refractivity contribution in [3.8, 4) is 5.88 Å². The van der Waals surface area contributed by atoms with E-state index in [1.807, 2.05) is 0 Å². The third-order valence-electron chi connectivity index (χ3n) is 1.53. The van der Waals surface area contributed by atoms with Crippen LogP contribution in [0.25, 0.3) is 0 Å². The lowest BCUT2D eigenvalue weighted by molar-refractivity contribution is -0.154. The molecule has 0 fully saturated rings. The number of halogens is 4. The van der Waals surface area contributed by atoms with Gasteiger partial charge in [0.1, 0.15) is 0 Å². The highest BCUT2D eigenvalue weighted by molar-refractivity contribution is 5.23. The average Bonchev–Trinajstić information content (AvgIpc) is 2.15. The molecule has 0 saturated carbocycles. The maximum atomic E-state index is 13.2. The van der Waals surface area contributed by atoms with Crippen LogP contribution in [0, 0.1) is 5.82 Å². The molecule has 0 radical (unpaired) electrons. The molecule has 0 unspecified atom stereocenters. The fourth-order valence-electron chi connectivity index (χ4n) is 0.871. The lowest BCUT2D eigenvalue weighted by atomic mass is 10.2. The molecule has 0 bridgehead atoms. The summed E-state index contributed by atoms with van der Waals surface area (Å²) in [5.41, 5.74) is 5.21. The van der Waals surface area contributed by atoms with E-state index in [1.54, 1.807) is 0 Å². The van der Waals surface area contributed by atoms with Gasteiger partial charge in [-0.15, -0.1) is 0 Å². The molecule has 1 aromatic heterocycles. The van der Waals surface area contributed by atoms with Crippen molar-refractivity contribution < 1.29 is 22.3 Å². The smallest absolute Gasteiger partial charge is 0.422 e. The Hall–Kier alpha value is -1.37. The Bertz CT molecular complexity index is 340. The average molecular weight is 224 g/mol. The zero-order valence-electron chi connectivity index (χ0n) is 7.51. The molecule has 1 heterocycles. The predicted molar refractivity (Wildman–Crippen MR) is 43.6 cm³/mol. The van der Waals surface area contributed by atoms with Crippen molar-refractivity contribution in [2.45, 2.75) is 12.7 Å². The van der Waals surface area contributed by atoms with Gasteiger partial charge in [0.2, 0.25) is 0 Å². The second-order valence-corrected chi connectivity index (χ2v) is 2.70. The molecule has 1 aromatic rings. The van der Waals surface area contributed by atoms with E-state index in [4.69, 9.17) is 5.73 Å². The molecular weight excluding hydrogens is 216 g/mol. The zero-order valence-corrected chi connectivity index (χ0v) is 7.51. The van der Waals surface area contributed by atoms with Crippen LogP contribution in [0.4, 0.5) is 17.6 Å². The van der Waals surface area contributed by atoms with Crippen LogP contribution < -0.4 is 10.5 Å². The van der Waals surface area contributed by atoms with Crippen molar-refractivity contribution in [3.63, 3.8) is 0 Å². The number of alkyl halides is 3. The van der Waals surface area contributed by atoms with Crippen molar-refractivity contribution in [2.24, 2.45) is 5.73 Å². The van der Waals surface area contributed by atoms with Gasteiger partial charge in [-0.05, 0) is 6.07 Å². The summed E-state index contributed by atoms with van der Waals surface area (Å²) in [7, 11) is 0. The van der Waals surface area contributed by atoms with Crippen LogP contribution in [-0.4, -0.2) is 17.8 Å². The predicted octanol–water partition coefficient (Wildman–Crippen LogP) is 1.62. The molecule has 7 heteroatoms. The number of nitrogens with two attached hydrogens (primary N) is 1. The lowest BCUT2D eigenvalue weighted by Gasteiger charge is -2.09. The highest BCUT2D eigenvalue weighted by Crippen LogP contribution is 2.20. The van der Waals surface area contributed by atoms with Gasteiger partial charge >= 0.3 is 6.18 Å². The summed E-state index contributed by atoms with van der Waals surface area (Å²) >= 11 is 0. The molecule has 2 N–H and O–H groups in total. The molecule has 0 atom stereocenters. The topological polar surface area (TPSA) is 48.1 Å². The van der Waals surface area contributed by atoms with Gasteiger partial charge in [0.25, 0.3) is 5.88 Å². The van der Waals surface area contributed by atoms with Crippen LogP contribution in [0.15, 0.2) is 12.3 Å². The number of aromatic nitrogens is 1. The van der Waals surface area contributed by atoms with Gasteiger partial charge in [0, 0.05) is 18.3 Å². The second-order valence-electron chi connectivity index (χ2n) is 2.70. The number of rotatable bonds is 3. The van der Waals surface area contributed by atoms with Crippen LogP contribution in [0.3, 0.4) is 0 Å². The zero-order chi connectivity index (χ0) is 11.5. The maximum Gasteiger partial charge on any atom is 0.422 e. The van der Waals surface area contributed by atoms with E-state index in [2.05, 4.69) is 9.72 Å². The molecule has 0 aromatic carbocycles. The number of ether oxygens (including phenoxy) is 1. The lowest BCUT2D eigenvalue weighted by Crippen LogP contribution is -2.20. The molecular formula is C8H8F4N2O. The summed E-state index contributed by atoms with van der Waals surface area (Å²) < 4.78 is 52.7. The summed E-state index contributed by atoms with van der Waals surface area (Å²) in [5.74, 6) is -1.64. The van der Waals surface area contributed by atoms with Crippen molar-refractivity contribution in [1.82, 2.24) is 4.98 Å². The van der Waals surface area contributed by atoms with E-state index >= 15 is 0 Å². The summed E-state index contributed by atoms with van der Waals surface area (Å²) in [6, 6.07) is 1.27. The standard InChI is InChI=1S/C8H8F4N2O/c9-6-5(3-13)1-2-14-7(6)15-4-8(10,11)12/h1-2H,3-4,13H2. The van der Waals surface area contributed by atoms with Crippen molar-refractivity contribution in [1.29, 1.82) is 0 Å². The van der Waals surface area contributed by atoms with Crippen LogP contribution in [0.2, 0.25) is 0 Å². The number of pyridine rings is 1. The fourth-order valence-corrected chi connectivity index (χ4v) is 0.871. The minimum atomic E-state index is -4.52. The van der Waals surface area contributed by atoms with Gasteiger partial charge in [-0.2, -0.15) is 13.2 Å². The van der Waals surface area contributed by atoms with Gasteiger partial charge in [0.15, 0.2) is 12.4 Å². The molecule has 0 spiro atoms. The minimum Gasteiger partial charge on any atom is -0.466 e.